The molecule has 29 heavy (non-hydrogen) atoms. The van der Waals surface area contributed by atoms with Crippen molar-refractivity contribution in [3.8, 4) is 0 Å². The quantitative estimate of drug-likeness (QED) is 0.409. The van der Waals surface area contributed by atoms with Gasteiger partial charge < -0.3 is 9.80 Å². The lowest BCUT2D eigenvalue weighted by molar-refractivity contribution is 0.0752. The first-order valence-electron chi connectivity index (χ1n) is 9.74. The molecule has 2 aromatic heterocycles. The van der Waals surface area contributed by atoms with E-state index >= 15 is 0 Å². The SMILES string of the molecule is CCc1ccc2nc(N3CCN(C(=O)c4sc5ccccc5c4Cl)CC3)sc2c1. The number of nitrogens with zero attached hydrogens (tertiary/aromatic N) is 3. The third-order valence-electron chi connectivity index (χ3n) is 5.42. The minimum atomic E-state index is 0.0349. The van der Waals surface area contributed by atoms with E-state index < -0.39 is 0 Å². The van der Waals surface area contributed by atoms with Gasteiger partial charge in [-0.1, -0.05) is 54.1 Å². The standard InChI is InChI=1S/C22H20ClN3OS2/c1-2-14-7-8-16-18(13-14)29-22(24-16)26-11-9-25(10-12-26)21(27)20-19(23)15-5-3-4-6-17(15)28-20/h3-8,13H,2,9-12H2,1H3. The Bertz CT molecular complexity index is 1210. The summed E-state index contributed by atoms with van der Waals surface area (Å²) < 4.78 is 2.29. The summed E-state index contributed by atoms with van der Waals surface area (Å²) in [5, 5.41) is 2.58. The van der Waals surface area contributed by atoms with Gasteiger partial charge in [0, 0.05) is 36.3 Å². The van der Waals surface area contributed by atoms with E-state index in [0.717, 1.165) is 40.2 Å². The highest BCUT2D eigenvalue weighted by Gasteiger charge is 2.27. The van der Waals surface area contributed by atoms with Crippen LogP contribution in [0.3, 0.4) is 0 Å². The van der Waals surface area contributed by atoms with E-state index in [4.69, 9.17) is 16.6 Å². The van der Waals surface area contributed by atoms with Gasteiger partial charge in [0.05, 0.1) is 15.2 Å². The first-order chi connectivity index (χ1) is 14.1. The highest BCUT2D eigenvalue weighted by molar-refractivity contribution is 7.22. The molecule has 5 rings (SSSR count). The molecule has 0 unspecified atom stereocenters. The number of thiazole rings is 1. The number of fused-ring (bicyclic) bond motifs is 2. The molecule has 4 nitrogen and oxygen atoms in total. The number of benzene rings is 2. The van der Waals surface area contributed by atoms with E-state index in [1.807, 2.05) is 29.2 Å². The second kappa shape index (κ2) is 7.59. The normalized spacial score (nSPS) is 14.8. The number of hydrogen-bond donors (Lipinski definition) is 0. The number of aromatic nitrogens is 1. The molecule has 1 saturated heterocycles. The minimum absolute atomic E-state index is 0.0349. The fourth-order valence-corrected chi connectivity index (χ4v) is 6.27. The lowest BCUT2D eigenvalue weighted by Crippen LogP contribution is -2.48. The van der Waals surface area contributed by atoms with Gasteiger partial charge in [-0.2, -0.15) is 0 Å². The van der Waals surface area contributed by atoms with E-state index in [-0.39, 0.29) is 5.91 Å². The molecule has 148 valence electrons. The Morgan fingerprint density at radius 1 is 1.07 bits per heavy atom. The van der Waals surface area contributed by atoms with Crippen LogP contribution in [0.25, 0.3) is 20.3 Å². The molecule has 1 amide bonds. The van der Waals surface area contributed by atoms with Crippen LogP contribution < -0.4 is 4.90 Å². The van der Waals surface area contributed by atoms with Crippen LogP contribution in [-0.4, -0.2) is 42.0 Å². The molecule has 0 atom stereocenters. The number of halogens is 1. The maximum Gasteiger partial charge on any atom is 0.265 e. The van der Waals surface area contributed by atoms with Crippen molar-refractivity contribution < 1.29 is 4.79 Å². The predicted molar refractivity (Wildman–Crippen MR) is 124 cm³/mol. The maximum absolute atomic E-state index is 13.1. The van der Waals surface area contributed by atoms with Crippen LogP contribution >= 0.6 is 34.3 Å². The van der Waals surface area contributed by atoms with Crippen LogP contribution in [0, 0.1) is 0 Å². The van der Waals surface area contributed by atoms with Crippen molar-refractivity contribution in [1.29, 1.82) is 0 Å². The number of anilines is 1. The first-order valence-corrected chi connectivity index (χ1v) is 11.8. The molecule has 7 heteroatoms. The van der Waals surface area contributed by atoms with E-state index in [0.29, 0.717) is 23.0 Å². The molecular weight excluding hydrogens is 422 g/mol. The number of hydrogen-bond acceptors (Lipinski definition) is 5. The van der Waals surface area contributed by atoms with Crippen molar-refractivity contribution in [1.82, 2.24) is 9.88 Å². The average molecular weight is 442 g/mol. The highest BCUT2D eigenvalue weighted by Crippen LogP contribution is 2.36. The van der Waals surface area contributed by atoms with Crippen molar-refractivity contribution in [3.63, 3.8) is 0 Å². The Hall–Kier alpha value is -2.15. The van der Waals surface area contributed by atoms with Crippen LogP contribution in [-0.2, 0) is 6.42 Å². The van der Waals surface area contributed by atoms with Gasteiger partial charge in [-0.25, -0.2) is 4.98 Å². The lowest BCUT2D eigenvalue weighted by atomic mass is 10.2. The van der Waals surface area contributed by atoms with E-state index in [1.54, 1.807) is 11.3 Å². The van der Waals surface area contributed by atoms with Crippen LogP contribution in [0.4, 0.5) is 5.13 Å². The number of piperazine rings is 1. The largest absolute Gasteiger partial charge is 0.345 e. The number of rotatable bonds is 3. The van der Waals surface area contributed by atoms with Gasteiger partial charge in [0.1, 0.15) is 4.88 Å². The molecule has 1 fully saturated rings. The second-order valence-electron chi connectivity index (χ2n) is 7.17. The first kappa shape index (κ1) is 18.9. The third-order valence-corrected chi connectivity index (χ3v) is 8.16. The number of carbonyl (C=O) groups excluding carboxylic acids is 1. The highest BCUT2D eigenvalue weighted by atomic mass is 35.5. The van der Waals surface area contributed by atoms with Gasteiger partial charge in [0.25, 0.3) is 5.91 Å². The summed E-state index contributed by atoms with van der Waals surface area (Å²) in [5.41, 5.74) is 2.39. The van der Waals surface area contributed by atoms with Crippen molar-refractivity contribution in [3.05, 3.63) is 57.9 Å². The molecule has 1 aliphatic heterocycles. The second-order valence-corrected chi connectivity index (χ2v) is 9.61. The van der Waals surface area contributed by atoms with Gasteiger partial charge in [0.15, 0.2) is 5.13 Å². The molecule has 4 aromatic rings. The van der Waals surface area contributed by atoms with Gasteiger partial charge >= 0.3 is 0 Å². The monoisotopic (exact) mass is 441 g/mol. The summed E-state index contributed by atoms with van der Waals surface area (Å²) in [5.74, 6) is 0.0349. The summed E-state index contributed by atoms with van der Waals surface area (Å²) in [4.78, 5) is 22.7. The summed E-state index contributed by atoms with van der Waals surface area (Å²) >= 11 is 9.73. The number of amides is 1. The Balaban J connectivity index is 1.32. The van der Waals surface area contributed by atoms with Crippen LogP contribution in [0.5, 0.6) is 0 Å². The van der Waals surface area contributed by atoms with Crippen molar-refractivity contribution in [2.45, 2.75) is 13.3 Å². The Morgan fingerprint density at radius 2 is 1.86 bits per heavy atom. The molecular formula is C22H20ClN3OS2. The lowest BCUT2D eigenvalue weighted by Gasteiger charge is -2.34. The van der Waals surface area contributed by atoms with E-state index in [9.17, 15) is 4.79 Å². The molecule has 0 radical (unpaired) electrons. The smallest absolute Gasteiger partial charge is 0.265 e. The molecule has 3 heterocycles. The number of aryl methyl sites for hydroxylation is 1. The van der Waals surface area contributed by atoms with Gasteiger partial charge in [-0.3, -0.25) is 4.79 Å². The molecule has 0 bridgehead atoms. The minimum Gasteiger partial charge on any atom is -0.345 e. The van der Waals surface area contributed by atoms with E-state index in [1.165, 1.54) is 21.6 Å². The van der Waals surface area contributed by atoms with Gasteiger partial charge in [-0.05, 0) is 30.2 Å². The predicted octanol–water partition coefficient (Wildman–Crippen LogP) is 5.69. The average Bonchev–Trinajstić information content (AvgIpc) is 3.34. The Labute approximate surface area is 182 Å². The van der Waals surface area contributed by atoms with E-state index in [2.05, 4.69) is 30.0 Å². The number of carbonyl (C=O) groups is 1. The van der Waals surface area contributed by atoms with Crippen LogP contribution in [0.2, 0.25) is 5.02 Å². The summed E-state index contributed by atoms with van der Waals surface area (Å²) in [6, 6.07) is 14.4. The zero-order chi connectivity index (χ0) is 20.0. The van der Waals surface area contributed by atoms with Crippen molar-refractivity contribution >= 4 is 65.6 Å². The van der Waals surface area contributed by atoms with Crippen molar-refractivity contribution in [2.24, 2.45) is 0 Å². The van der Waals surface area contributed by atoms with Gasteiger partial charge in [-0.15, -0.1) is 11.3 Å². The molecule has 0 saturated carbocycles. The summed E-state index contributed by atoms with van der Waals surface area (Å²) in [6.07, 6.45) is 1.03. The fourth-order valence-electron chi connectivity index (χ4n) is 3.71. The van der Waals surface area contributed by atoms with Crippen LogP contribution in [0.15, 0.2) is 42.5 Å². The topological polar surface area (TPSA) is 36.4 Å². The molecule has 2 aromatic carbocycles. The van der Waals surface area contributed by atoms with Crippen LogP contribution in [0.1, 0.15) is 22.2 Å². The zero-order valence-electron chi connectivity index (χ0n) is 16.0. The molecule has 0 N–H and O–H groups in total. The van der Waals surface area contributed by atoms with Crippen molar-refractivity contribution in [2.75, 3.05) is 31.1 Å². The molecule has 1 aliphatic rings. The summed E-state index contributed by atoms with van der Waals surface area (Å²) in [6.45, 7) is 5.10. The molecule has 0 aliphatic carbocycles. The number of thiophene rings is 1. The maximum atomic E-state index is 13.1. The summed E-state index contributed by atoms with van der Waals surface area (Å²) in [7, 11) is 0. The Kier molecular flexibility index (Phi) is 4.94. The fraction of sp³-hybridized carbons (Fsp3) is 0.273. The molecule has 0 spiro atoms. The zero-order valence-corrected chi connectivity index (χ0v) is 18.4. The third kappa shape index (κ3) is 3.39. The van der Waals surface area contributed by atoms with Gasteiger partial charge in [0.2, 0.25) is 0 Å². The Morgan fingerprint density at radius 3 is 2.62 bits per heavy atom.